The molecule has 0 radical (unpaired) electrons. The van der Waals surface area contributed by atoms with Gasteiger partial charge in [-0.05, 0) is 32.2 Å². The van der Waals surface area contributed by atoms with Gasteiger partial charge >= 0.3 is 0 Å². The molecule has 2 aliphatic heterocycles. The van der Waals surface area contributed by atoms with Gasteiger partial charge in [0.05, 0.1) is 27.6 Å². The van der Waals surface area contributed by atoms with Crippen molar-refractivity contribution in [2.45, 2.75) is 63.8 Å². The first-order valence-electron chi connectivity index (χ1n) is 10.6. The highest BCUT2D eigenvalue weighted by molar-refractivity contribution is 4.77. The Morgan fingerprint density at radius 3 is 1.85 bits per heavy atom. The molecule has 3 aliphatic rings. The van der Waals surface area contributed by atoms with Crippen LogP contribution in [-0.4, -0.2) is 91.5 Å². The predicted molar refractivity (Wildman–Crippen MR) is 103 cm³/mol. The van der Waals surface area contributed by atoms with Gasteiger partial charge in [-0.1, -0.05) is 32.1 Å². The maximum atomic E-state index is 5.48. The van der Waals surface area contributed by atoms with Crippen LogP contribution in [0.15, 0.2) is 0 Å². The molecule has 3 rings (SSSR count). The van der Waals surface area contributed by atoms with Gasteiger partial charge in [0.2, 0.25) is 0 Å². The smallest absolute Gasteiger partial charge is 0.103 e. The summed E-state index contributed by atoms with van der Waals surface area (Å²) in [5, 5.41) is 8.78. The molecule has 2 heterocycles. The number of rotatable bonds is 4. The topological polar surface area (TPSA) is 34.7 Å². The van der Waals surface area contributed by atoms with E-state index in [1.807, 2.05) is 10.1 Å². The Morgan fingerprint density at radius 1 is 0.577 bits per heavy atom. The highest BCUT2D eigenvalue weighted by Gasteiger charge is 2.29. The van der Waals surface area contributed by atoms with Crippen LogP contribution in [0.25, 0.3) is 0 Å². The first kappa shape index (κ1) is 20.5. The summed E-state index contributed by atoms with van der Waals surface area (Å²) in [5.74, 6) is 0. The van der Waals surface area contributed by atoms with Crippen molar-refractivity contribution in [1.29, 1.82) is 0 Å². The highest BCUT2D eigenvalue weighted by Crippen LogP contribution is 2.23. The second kappa shape index (κ2) is 10.9. The van der Waals surface area contributed by atoms with E-state index in [0.717, 1.165) is 32.5 Å². The Balaban J connectivity index is 1.56. The molecule has 0 aromatic rings. The fourth-order valence-corrected chi connectivity index (χ4v) is 4.61. The lowest BCUT2D eigenvalue weighted by atomic mass is 9.95. The predicted octanol–water partition coefficient (Wildman–Crippen LogP) is 2.33. The van der Waals surface area contributed by atoms with Crippen LogP contribution in [-0.2, 0) is 9.68 Å². The molecule has 0 aromatic carbocycles. The zero-order chi connectivity index (χ0) is 18.2. The number of hydrogen-bond acceptors (Lipinski definition) is 7. The van der Waals surface area contributed by atoms with E-state index in [1.165, 1.54) is 70.9 Å². The Bertz CT molecular complexity index is 380. The van der Waals surface area contributed by atoms with E-state index >= 15 is 0 Å². The summed E-state index contributed by atoms with van der Waals surface area (Å²) in [6, 6.07) is 0.808. The monoisotopic (exact) mass is 369 g/mol. The molecule has 7 nitrogen and oxygen atoms in total. The fraction of sp³-hybridized carbons (Fsp3) is 1.00. The Kier molecular flexibility index (Phi) is 8.58. The summed E-state index contributed by atoms with van der Waals surface area (Å²) in [6.45, 7) is 7.00. The first-order chi connectivity index (χ1) is 12.8. The average molecular weight is 370 g/mol. The van der Waals surface area contributed by atoms with Crippen LogP contribution in [0, 0.1) is 0 Å². The maximum Gasteiger partial charge on any atom is 0.103 e. The van der Waals surface area contributed by atoms with Crippen LogP contribution in [0.5, 0.6) is 0 Å². The molecule has 26 heavy (non-hydrogen) atoms. The van der Waals surface area contributed by atoms with Crippen molar-refractivity contribution in [3.8, 4) is 0 Å². The van der Waals surface area contributed by atoms with Crippen LogP contribution >= 0.6 is 0 Å². The van der Waals surface area contributed by atoms with Gasteiger partial charge in [0, 0.05) is 25.7 Å². The molecule has 2 saturated heterocycles. The minimum atomic E-state index is 0.686. The lowest BCUT2D eigenvalue weighted by Gasteiger charge is -2.46. The first-order valence-corrected chi connectivity index (χ1v) is 10.6. The lowest BCUT2D eigenvalue weighted by molar-refractivity contribution is -0.322. The van der Waals surface area contributed by atoms with Crippen molar-refractivity contribution in [1.82, 2.24) is 25.0 Å². The van der Waals surface area contributed by atoms with Gasteiger partial charge in [0.25, 0.3) is 0 Å². The van der Waals surface area contributed by atoms with Gasteiger partial charge in [-0.3, -0.25) is 14.6 Å². The van der Waals surface area contributed by atoms with E-state index in [4.69, 9.17) is 9.68 Å². The van der Waals surface area contributed by atoms with Gasteiger partial charge in [-0.15, -0.1) is 0 Å². The van der Waals surface area contributed by atoms with E-state index in [9.17, 15) is 0 Å². The molecule has 152 valence electrons. The van der Waals surface area contributed by atoms with E-state index in [2.05, 4.69) is 14.9 Å². The minimum absolute atomic E-state index is 0.686. The van der Waals surface area contributed by atoms with Crippen molar-refractivity contribution in [3.63, 3.8) is 0 Å². The summed E-state index contributed by atoms with van der Waals surface area (Å²) < 4.78 is 0. The van der Waals surface area contributed by atoms with Gasteiger partial charge in [0.15, 0.2) is 0 Å². The van der Waals surface area contributed by atoms with E-state index < -0.39 is 0 Å². The van der Waals surface area contributed by atoms with Crippen molar-refractivity contribution in [2.75, 3.05) is 60.4 Å². The molecule has 0 bridgehead atoms. The van der Waals surface area contributed by atoms with E-state index in [-0.39, 0.29) is 0 Å². The molecule has 0 aromatic heterocycles. The minimum Gasteiger partial charge on any atom is -0.300 e. The molecular weight excluding hydrogens is 330 g/mol. The van der Waals surface area contributed by atoms with Crippen molar-refractivity contribution in [2.24, 2.45) is 0 Å². The van der Waals surface area contributed by atoms with Crippen LogP contribution in [0.1, 0.15) is 57.8 Å². The normalized spacial score (nSPS) is 28.4. The molecule has 0 atom stereocenters. The van der Waals surface area contributed by atoms with Crippen LogP contribution < -0.4 is 0 Å². The molecule has 1 aliphatic carbocycles. The quantitative estimate of drug-likeness (QED) is 0.752. The SMILES string of the molecule is CON1CN(OC)CN(N2CCCCN(C3CCCCCCC3)CC2)C1. The second-order valence-corrected chi connectivity index (χ2v) is 7.96. The number of hydrazine groups is 1. The molecule has 7 heteroatoms. The molecule has 0 amide bonds. The number of hydroxylamine groups is 4. The van der Waals surface area contributed by atoms with E-state index in [1.54, 1.807) is 14.2 Å². The van der Waals surface area contributed by atoms with Crippen molar-refractivity contribution in [3.05, 3.63) is 0 Å². The zero-order valence-electron chi connectivity index (χ0n) is 16.9. The third kappa shape index (κ3) is 5.86. The summed E-state index contributed by atoms with van der Waals surface area (Å²) in [4.78, 5) is 13.7. The molecular formula is C19H39N5O2. The third-order valence-electron chi connectivity index (χ3n) is 6.22. The summed E-state index contributed by atoms with van der Waals surface area (Å²) >= 11 is 0. The van der Waals surface area contributed by atoms with Crippen LogP contribution in [0.2, 0.25) is 0 Å². The number of hydrogen-bond donors (Lipinski definition) is 0. The molecule has 1 saturated carbocycles. The summed E-state index contributed by atoms with van der Waals surface area (Å²) in [5.41, 5.74) is 0. The Morgan fingerprint density at radius 2 is 1.19 bits per heavy atom. The fourth-order valence-electron chi connectivity index (χ4n) is 4.61. The van der Waals surface area contributed by atoms with Gasteiger partial charge in [0.1, 0.15) is 6.67 Å². The third-order valence-corrected chi connectivity index (χ3v) is 6.22. The highest BCUT2D eigenvalue weighted by atomic mass is 16.7. The van der Waals surface area contributed by atoms with Crippen molar-refractivity contribution < 1.29 is 9.68 Å². The van der Waals surface area contributed by atoms with Crippen LogP contribution in [0.4, 0.5) is 0 Å². The van der Waals surface area contributed by atoms with Crippen LogP contribution in [0.3, 0.4) is 0 Å². The zero-order valence-corrected chi connectivity index (χ0v) is 16.9. The largest absolute Gasteiger partial charge is 0.300 e. The molecule has 0 unspecified atom stereocenters. The number of nitrogens with zero attached hydrogens (tertiary/aromatic N) is 5. The Labute approximate surface area is 159 Å². The van der Waals surface area contributed by atoms with Gasteiger partial charge in [-0.25, -0.2) is 10.0 Å². The Hall–Kier alpha value is -0.280. The molecule has 0 N–H and O–H groups in total. The standard InChI is InChI=1S/C19H39N5O2/c1-25-23-16-22(17-24(18-23)26-2)21-13-9-8-12-20(14-15-21)19-10-6-4-3-5-7-11-19/h19H,3-18H2,1-2H3. The summed E-state index contributed by atoms with van der Waals surface area (Å²) in [6.07, 6.45) is 12.5. The second-order valence-electron chi connectivity index (χ2n) is 7.96. The average Bonchev–Trinajstić information content (AvgIpc) is 2.62. The maximum absolute atomic E-state index is 5.48. The molecule has 3 fully saturated rings. The summed E-state index contributed by atoms with van der Waals surface area (Å²) in [7, 11) is 3.47. The van der Waals surface area contributed by atoms with Gasteiger partial charge < -0.3 is 0 Å². The van der Waals surface area contributed by atoms with Crippen molar-refractivity contribution >= 4 is 0 Å². The van der Waals surface area contributed by atoms with E-state index in [0.29, 0.717) is 6.67 Å². The van der Waals surface area contributed by atoms with Gasteiger partial charge in [-0.2, -0.15) is 10.1 Å². The lowest BCUT2D eigenvalue weighted by Crippen LogP contribution is -2.61. The molecule has 0 spiro atoms.